The number of furan rings is 1. The molecule has 0 bridgehead atoms. The minimum atomic E-state index is -0.654. The number of carbonyl (C=O) groups excluding carboxylic acids is 3. The predicted molar refractivity (Wildman–Crippen MR) is 134 cm³/mol. The maximum atomic E-state index is 13.3. The highest BCUT2D eigenvalue weighted by atomic mass is 16.5. The summed E-state index contributed by atoms with van der Waals surface area (Å²) in [6, 6.07) is 19.5. The average Bonchev–Trinajstić information content (AvgIpc) is 3.43. The number of allylic oxidation sites excluding steroid dienone is 1. The first-order valence-corrected chi connectivity index (χ1v) is 11.6. The highest BCUT2D eigenvalue weighted by Gasteiger charge is 2.26. The van der Waals surface area contributed by atoms with Crippen LogP contribution in [0.2, 0.25) is 0 Å². The lowest BCUT2D eigenvalue weighted by atomic mass is 9.86. The largest absolute Gasteiger partial charge is 0.465 e. The molecule has 0 aliphatic heterocycles. The summed E-state index contributed by atoms with van der Waals surface area (Å²) in [7, 11) is 0. The summed E-state index contributed by atoms with van der Waals surface area (Å²) in [5, 5.41) is 0.665. The standard InChI is InChI=1S/C28H23N3O5/c32-24(30-31-27(33)18-8-2-1-3-9-18)17-36-28(34)25-21-12-4-5-14-23(21)29-26-19(10-6-13-22(25)26)16-20-11-7-15-35-20/h1-5,7-9,11-12,14-16H,6,10,13,17H2,(H,30,32)(H,31,33)/b19-16-. The molecule has 0 radical (unpaired) electrons. The number of para-hydroxylation sites is 1. The maximum absolute atomic E-state index is 13.3. The van der Waals surface area contributed by atoms with Crippen molar-refractivity contribution in [3.05, 3.63) is 101 Å². The summed E-state index contributed by atoms with van der Waals surface area (Å²) in [6.45, 7) is -0.547. The third-order valence-corrected chi connectivity index (χ3v) is 5.92. The van der Waals surface area contributed by atoms with E-state index in [4.69, 9.17) is 14.1 Å². The number of hydrazine groups is 1. The number of benzene rings is 2. The van der Waals surface area contributed by atoms with Crippen molar-refractivity contribution < 1.29 is 23.5 Å². The van der Waals surface area contributed by atoms with Crippen LogP contribution >= 0.6 is 0 Å². The maximum Gasteiger partial charge on any atom is 0.339 e. The Morgan fingerprint density at radius 1 is 0.944 bits per heavy atom. The van der Waals surface area contributed by atoms with Gasteiger partial charge in [-0.05, 0) is 66.8 Å². The van der Waals surface area contributed by atoms with Crippen molar-refractivity contribution in [1.82, 2.24) is 15.8 Å². The molecule has 0 saturated heterocycles. The van der Waals surface area contributed by atoms with E-state index in [0.29, 0.717) is 34.2 Å². The molecule has 2 aromatic heterocycles. The van der Waals surface area contributed by atoms with Gasteiger partial charge in [-0.1, -0.05) is 36.4 Å². The third kappa shape index (κ3) is 4.88. The van der Waals surface area contributed by atoms with Crippen LogP contribution < -0.4 is 10.9 Å². The molecule has 0 atom stereocenters. The molecular weight excluding hydrogens is 458 g/mol. The van der Waals surface area contributed by atoms with Gasteiger partial charge in [0.2, 0.25) is 0 Å². The van der Waals surface area contributed by atoms with Gasteiger partial charge in [-0.25, -0.2) is 9.78 Å². The number of aromatic nitrogens is 1. The van der Waals surface area contributed by atoms with Crippen molar-refractivity contribution in [2.75, 3.05) is 6.61 Å². The predicted octanol–water partition coefficient (Wildman–Crippen LogP) is 4.32. The number of fused-ring (bicyclic) bond motifs is 2. The van der Waals surface area contributed by atoms with Gasteiger partial charge in [0.1, 0.15) is 5.76 Å². The lowest BCUT2D eigenvalue weighted by Crippen LogP contribution is -2.43. The fourth-order valence-electron chi connectivity index (χ4n) is 4.28. The number of carbonyl (C=O) groups is 3. The van der Waals surface area contributed by atoms with Gasteiger partial charge in [-0.3, -0.25) is 20.4 Å². The molecule has 0 unspecified atom stereocenters. The highest BCUT2D eigenvalue weighted by molar-refractivity contribution is 6.07. The fourth-order valence-corrected chi connectivity index (χ4v) is 4.28. The molecule has 2 aromatic carbocycles. The van der Waals surface area contributed by atoms with Gasteiger partial charge in [0.05, 0.1) is 23.0 Å². The number of rotatable bonds is 5. The van der Waals surface area contributed by atoms with E-state index in [-0.39, 0.29) is 0 Å². The molecule has 1 aliphatic rings. The smallest absolute Gasteiger partial charge is 0.339 e. The quantitative estimate of drug-likeness (QED) is 0.324. The Bertz CT molecular complexity index is 1460. The number of hydrogen-bond acceptors (Lipinski definition) is 6. The van der Waals surface area contributed by atoms with E-state index >= 15 is 0 Å². The molecule has 0 fully saturated rings. The number of ether oxygens (including phenoxy) is 1. The molecule has 2 heterocycles. The van der Waals surface area contributed by atoms with E-state index in [1.807, 2.05) is 42.5 Å². The Balaban J connectivity index is 1.36. The van der Waals surface area contributed by atoms with Crippen molar-refractivity contribution in [3.63, 3.8) is 0 Å². The van der Waals surface area contributed by atoms with Gasteiger partial charge in [0, 0.05) is 10.9 Å². The number of nitrogens with one attached hydrogen (secondary N) is 2. The second kappa shape index (κ2) is 10.3. The Kier molecular flexibility index (Phi) is 6.57. The first-order chi connectivity index (χ1) is 17.6. The lowest BCUT2D eigenvalue weighted by Gasteiger charge is -2.22. The molecule has 1 aliphatic carbocycles. The molecule has 180 valence electrons. The van der Waals surface area contributed by atoms with Crippen LogP contribution in [0.15, 0.2) is 77.4 Å². The van der Waals surface area contributed by atoms with E-state index < -0.39 is 24.4 Å². The second-order valence-corrected chi connectivity index (χ2v) is 8.31. The SMILES string of the molecule is O=C(COC(=O)c1c2c(nc3ccccc13)/C(=C\c1ccco1)CCC2)NNC(=O)c1ccccc1. The molecule has 0 saturated carbocycles. The van der Waals surface area contributed by atoms with Crippen molar-refractivity contribution in [2.24, 2.45) is 0 Å². The summed E-state index contributed by atoms with van der Waals surface area (Å²) in [6.07, 6.45) is 5.85. The normalized spacial score (nSPS) is 13.7. The first kappa shape index (κ1) is 23.0. The molecule has 2 amide bonds. The van der Waals surface area contributed by atoms with E-state index in [1.165, 1.54) is 0 Å². The molecule has 8 heteroatoms. The van der Waals surface area contributed by atoms with Crippen LogP contribution in [0.3, 0.4) is 0 Å². The van der Waals surface area contributed by atoms with Gasteiger partial charge in [0.15, 0.2) is 6.61 Å². The topological polar surface area (TPSA) is 111 Å². The molecule has 8 nitrogen and oxygen atoms in total. The zero-order valence-corrected chi connectivity index (χ0v) is 19.3. The van der Waals surface area contributed by atoms with Crippen LogP contribution in [0.4, 0.5) is 0 Å². The van der Waals surface area contributed by atoms with Crippen molar-refractivity contribution in [3.8, 4) is 0 Å². The van der Waals surface area contributed by atoms with Gasteiger partial charge in [-0.15, -0.1) is 0 Å². The number of esters is 1. The zero-order chi connectivity index (χ0) is 24.9. The Morgan fingerprint density at radius 3 is 2.56 bits per heavy atom. The molecular formula is C28H23N3O5. The van der Waals surface area contributed by atoms with Crippen LogP contribution in [0.25, 0.3) is 22.6 Å². The van der Waals surface area contributed by atoms with E-state index in [2.05, 4.69) is 10.9 Å². The monoisotopic (exact) mass is 481 g/mol. The van der Waals surface area contributed by atoms with Crippen LogP contribution in [-0.2, 0) is 16.0 Å². The Morgan fingerprint density at radius 2 is 1.75 bits per heavy atom. The third-order valence-electron chi connectivity index (χ3n) is 5.92. The highest BCUT2D eigenvalue weighted by Crippen LogP contribution is 2.36. The van der Waals surface area contributed by atoms with Crippen molar-refractivity contribution >= 4 is 40.3 Å². The van der Waals surface area contributed by atoms with Crippen LogP contribution in [0.1, 0.15) is 50.6 Å². The van der Waals surface area contributed by atoms with Crippen molar-refractivity contribution in [2.45, 2.75) is 19.3 Å². The van der Waals surface area contributed by atoms with Crippen LogP contribution in [-0.4, -0.2) is 29.4 Å². The number of amides is 2. The summed E-state index contributed by atoms with van der Waals surface area (Å²) >= 11 is 0. The Hall–Kier alpha value is -4.72. The van der Waals surface area contributed by atoms with E-state index in [0.717, 1.165) is 29.7 Å². The first-order valence-electron chi connectivity index (χ1n) is 11.6. The lowest BCUT2D eigenvalue weighted by molar-refractivity contribution is -0.125. The summed E-state index contributed by atoms with van der Waals surface area (Å²) in [5.41, 5.74) is 8.55. The van der Waals surface area contributed by atoms with E-state index in [9.17, 15) is 14.4 Å². The number of pyridine rings is 1. The fraction of sp³-hybridized carbons (Fsp3) is 0.143. The molecule has 5 rings (SSSR count). The number of nitrogens with zero attached hydrogens (tertiary/aromatic N) is 1. The second-order valence-electron chi connectivity index (χ2n) is 8.31. The van der Waals surface area contributed by atoms with E-state index in [1.54, 1.807) is 36.6 Å². The summed E-state index contributed by atoms with van der Waals surface area (Å²) in [5.74, 6) is -1.03. The van der Waals surface area contributed by atoms with Crippen molar-refractivity contribution in [1.29, 1.82) is 0 Å². The molecule has 2 N–H and O–H groups in total. The van der Waals surface area contributed by atoms with Gasteiger partial charge in [0.25, 0.3) is 11.8 Å². The van der Waals surface area contributed by atoms with Gasteiger partial charge in [-0.2, -0.15) is 0 Å². The average molecular weight is 482 g/mol. The summed E-state index contributed by atoms with van der Waals surface area (Å²) in [4.78, 5) is 42.5. The van der Waals surface area contributed by atoms with Crippen LogP contribution in [0, 0.1) is 0 Å². The molecule has 4 aromatic rings. The molecule has 36 heavy (non-hydrogen) atoms. The van der Waals surface area contributed by atoms with Gasteiger partial charge < -0.3 is 9.15 Å². The van der Waals surface area contributed by atoms with Gasteiger partial charge >= 0.3 is 5.97 Å². The minimum Gasteiger partial charge on any atom is -0.465 e. The summed E-state index contributed by atoms with van der Waals surface area (Å²) < 4.78 is 10.9. The van der Waals surface area contributed by atoms with Crippen LogP contribution in [0.5, 0.6) is 0 Å². The molecule has 0 spiro atoms. The zero-order valence-electron chi connectivity index (χ0n) is 19.3. The Labute approximate surface area is 206 Å². The minimum absolute atomic E-state index is 0.392. The number of hydrogen-bond donors (Lipinski definition) is 2.